The van der Waals surface area contributed by atoms with Crippen LogP contribution in [-0.4, -0.2) is 94.6 Å². The standard InChI is InChI=1S/C36H44ClN3O10S/c37-29-10-9-25(51(47,48)40-23-6-5-21(15-23)35(46)39-18-30(42)33(44)34(45)31(43)19-41)16-22(29)20-49-36(12-13-36)28-17-38-14-11-26(28)27-3-1-2-4-32(27)50-24-7-8-24/h1-4,9-11,14,16-17,21,23-24,30-31,33-34,40-45H,5-8,12-13,15,18-20H2,(H,39,46)/t21?,23?,30-,31+,33+,34+/m0/s1. The van der Waals surface area contributed by atoms with Crippen molar-refractivity contribution < 1.29 is 48.2 Å². The third kappa shape index (κ3) is 8.90. The third-order valence-electron chi connectivity index (χ3n) is 9.78. The normalized spacial score (nSPS) is 22.2. The van der Waals surface area contributed by atoms with Crippen LogP contribution < -0.4 is 14.8 Å². The van der Waals surface area contributed by atoms with Gasteiger partial charge in [-0.05, 0) is 86.4 Å². The van der Waals surface area contributed by atoms with Crippen molar-refractivity contribution in [1.82, 2.24) is 15.0 Å². The summed E-state index contributed by atoms with van der Waals surface area (Å²) in [5.41, 5.74) is 2.77. The number of halogens is 1. The van der Waals surface area contributed by atoms with Crippen LogP contribution in [0.3, 0.4) is 0 Å². The molecule has 2 unspecified atom stereocenters. The van der Waals surface area contributed by atoms with E-state index in [1.54, 1.807) is 6.20 Å². The number of nitrogens with one attached hydrogen (secondary N) is 2. The fourth-order valence-electron chi connectivity index (χ4n) is 6.45. The first-order valence-electron chi connectivity index (χ1n) is 17.2. The minimum Gasteiger partial charge on any atom is -0.490 e. The summed E-state index contributed by atoms with van der Waals surface area (Å²) in [6, 6.07) is 13.8. The Morgan fingerprint density at radius 2 is 1.73 bits per heavy atom. The van der Waals surface area contributed by atoms with Gasteiger partial charge in [-0.15, -0.1) is 0 Å². The fourth-order valence-corrected chi connectivity index (χ4v) is 7.95. The number of hydrogen-bond donors (Lipinski definition) is 7. The quantitative estimate of drug-likeness (QED) is 0.107. The number of aliphatic hydroxyl groups excluding tert-OH is 5. The van der Waals surface area contributed by atoms with E-state index in [0.717, 1.165) is 48.1 Å². The number of para-hydroxylation sites is 1. The summed E-state index contributed by atoms with van der Waals surface area (Å²) in [7, 11) is -4.00. The maximum Gasteiger partial charge on any atom is 0.240 e. The van der Waals surface area contributed by atoms with Gasteiger partial charge in [-0.1, -0.05) is 29.8 Å². The highest BCUT2D eigenvalue weighted by Gasteiger charge is 2.48. The number of amides is 1. The number of benzene rings is 2. The van der Waals surface area contributed by atoms with Crippen LogP contribution in [0.15, 0.2) is 65.8 Å². The summed E-state index contributed by atoms with van der Waals surface area (Å²) in [5.74, 6) is -0.184. The highest BCUT2D eigenvalue weighted by Crippen LogP contribution is 2.53. The number of pyridine rings is 1. The molecule has 3 saturated carbocycles. The third-order valence-corrected chi connectivity index (χ3v) is 11.7. The number of sulfonamides is 1. The monoisotopic (exact) mass is 745 g/mol. The lowest BCUT2D eigenvalue weighted by molar-refractivity contribution is -0.129. The van der Waals surface area contributed by atoms with Crippen molar-refractivity contribution in [3.8, 4) is 16.9 Å². The molecule has 0 saturated heterocycles. The first-order valence-corrected chi connectivity index (χ1v) is 19.0. The second-order valence-corrected chi connectivity index (χ2v) is 15.8. The van der Waals surface area contributed by atoms with E-state index >= 15 is 0 Å². The van der Waals surface area contributed by atoms with Gasteiger partial charge in [0.2, 0.25) is 15.9 Å². The number of carbonyl (C=O) groups excluding carboxylic acids is 1. The van der Waals surface area contributed by atoms with Crippen LogP contribution in [0.1, 0.15) is 56.1 Å². The average Bonchev–Trinajstić information content (AvgIpc) is 4.07. The van der Waals surface area contributed by atoms with Gasteiger partial charge in [0.05, 0.1) is 35.9 Å². The van der Waals surface area contributed by atoms with Gasteiger partial charge in [0.25, 0.3) is 0 Å². The lowest BCUT2D eigenvalue weighted by Gasteiger charge is -2.26. The van der Waals surface area contributed by atoms with Crippen molar-refractivity contribution in [2.45, 2.75) is 98.6 Å². The van der Waals surface area contributed by atoms with E-state index in [2.05, 4.69) is 15.0 Å². The molecule has 15 heteroatoms. The summed E-state index contributed by atoms with van der Waals surface area (Å²) in [6.07, 6.45) is 1.54. The van der Waals surface area contributed by atoms with E-state index in [-0.39, 0.29) is 24.0 Å². The second-order valence-electron chi connectivity index (χ2n) is 13.6. The molecule has 3 aliphatic carbocycles. The van der Waals surface area contributed by atoms with Crippen molar-refractivity contribution in [3.05, 3.63) is 77.1 Å². The molecule has 6 rings (SSSR count). The number of rotatable bonds is 17. The number of aromatic nitrogens is 1. The Morgan fingerprint density at radius 3 is 2.45 bits per heavy atom. The van der Waals surface area contributed by atoms with Crippen LogP contribution >= 0.6 is 11.6 Å². The summed E-state index contributed by atoms with van der Waals surface area (Å²) >= 11 is 6.54. The van der Waals surface area contributed by atoms with Crippen LogP contribution in [0.25, 0.3) is 11.1 Å². The predicted molar refractivity (Wildman–Crippen MR) is 186 cm³/mol. The molecule has 276 valence electrons. The van der Waals surface area contributed by atoms with Crippen molar-refractivity contribution in [2.75, 3.05) is 13.2 Å². The van der Waals surface area contributed by atoms with Gasteiger partial charge in [0.1, 0.15) is 24.1 Å². The minimum atomic E-state index is -4.00. The molecule has 0 aliphatic heterocycles. The molecule has 6 atom stereocenters. The Hall–Kier alpha value is -3.18. The molecule has 3 fully saturated rings. The van der Waals surface area contributed by atoms with Crippen LogP contribution in [0.4, 0.5) is 0 Å². The molecule has 3 aromatic rings. The Labute approximate surface area is 301 Å². The highest BCUT2D eigenvalue weighted by atomic mass is 35.5. The van der Waals surface area contributed by atoms with Crippen LogP contribution in [0.2, 0.25) is 5.02 Å². The van der Waals surface area contributed by atoms with E-state index in [9.17, 15) is 33.6 Å². The Kier molecular flexibility index (Phi) is 11.7. The SMILES string of the molecule is O=C(NC[C@H](O)[C@@H](O)[C@H](O)[C@H](O)CO)C1CCC(NS(=O)(=O)c2ccc(Cl)c(COC3(c4cnccc4-c4ccccc4OC4CC4)CC3)c2)C1. The molecule has 13 nitrogen and oxygen atoms in total. The van der Waals surface area contributed by atoms with E-state index in [4.69, 9.17) is 26.2 Å². The average molecular weight is 746 g/mol. The van der Waals surface area contributed by atoms with Gasteiger partial charge in [-0.3, -0.25) is 9.78 Å². The molecule has 51 heavy (non-hydrogen) atoms. The maximum absolute atomic E-state index is 13.5. The molecule has 0 spiro atoms. The summed E-state index contributed by atoms with van der Waals surface area (Å²) in [5, 5.41) is 51.1. The van der Waals surface area contributed by atoms with Crippen molar-refractivity contribution in [2.24, 2.45) is 5.92 Å². The topological polar surface area (TPSA) is 208 Å². The van der Waals surface area contributed by atoms with Crippen molar-refractivity contribution in [3.63, 3.8) is 0 Å². The first kappa shape index (κ1) is 37.6. The van der Waals surface area contributed by atoms with Gasteiger partial charge in [-0.25, -0.2) is 13.1 Å². The van der Waals surface area contributed by atoms with Gasteiger partial charge in [0, 0.05) is 47.0 Å². The number of nitrogens with zero attached hydrogens (tertiary/aromatic N) is 1. The Morgan fingerprint density at radius 1 is 0.980 bits per heavy atom. The summed E-state index contributed by atoms with van der Waals surface area (Å²) in [6.45, 7) is -1.16. The smallest absolute Gasteiger partial charge is 0.240 e. The second kappa shape index (κ2) is 15.8. The Balaban J connectivity index is 1.07. The number of hydrogen-bond acceptors (Lipinski definition) is 11. The van der Waals surface area contributed by atoms with E-state index < -0.39 is 71.1 Å². The van der Waals surface area contributed by atoms with Gasteiger partial charge >= 0.3 is 0 Å². The maximum atomic E-state index is 13.5. The largest absolute Gasteiger partial charge is 0.490 e. The first-order chi connectivity index (χ1) is 24.4. The highest BCUT2D eigenvalue weighted by molar-refractivity contribution is 7.89. The number of aliphatic hydroxyl groups is 5. The lowest BCUT2D eigenvalue weighted by Crippen LogP contribution is -2.50. The molecule has 2 aromatic carbocycles. The van der Waals surface area contributed by atoms with Gasteiger partial charge in [0.15, 0.2) is 0 Å². The van der Waals surface area contributed by atoms with Crippen LogP contribution in [0, 0.1) is 5.92 Å². The lowest BCUT2D eigenvalue weighted by atomic mass is 9.96. The Bertz CT molecular complexity index is 1810. The van der Waals surface area contributed by atoms with Crippen LogP contribution in [-0.2, 0) is 31.8 Å². The van der Waals surface area contributed by atoms with E-state index in [0.29, 0.717) is 23.4 Å². The molecular formula is C36H44ClN3O10S. The molecule has 7 N–H and O–H groups in total. The molecule has 3 aliphatic rings. The van der Waals surface area contributed by atoms with Crippen LogP contribution in [0.5, 0.6) is 5.75 Å². The van der Waals surface area contributed by atoms with Crippen molar-refractivity contribution in [1.29, 1.82) is 0 Å². The molecule has 1 heterocycles. The fraction of sp³-hybridized carbons (Fsp3) is 0.500. The predicted octanol–water partition coefficient (Wildman–Crippen LogP) is 2.15. The van der Waals surface area contributed by atoms with E-state index in [1.807, 2.05) is 36.5 Å². The minimum absolute atomic E-state index is 0.0113. The number of ether oxygens (including phenoxy) is 2. The molecular weight excluding hydrogens is 702 g/mol. The van der Waals surface area contributed by atoms with Crippen molar-refractivity contribution >= 4 is 27.5 Å². The zero-order valence-electron chi connectivity index (χ0n) is 27.9. The summed E-state index contributed by atoms with van der Waals surface area (Å²) in [4.78, 5) is 17.2. The van der Waals surface area contributed by atoms with Gasteiger partial charge in [-0.2, -0.15) is 0 Å². The zero-order chi connectivity index (χ0) is 36.3. The van der Waals surface area contributed by atoms with Gasteiger partial charge < -0.3 is 40.3 Å². The molecule has 1 amide bonds. The summed E-state index contributed by atoms with van der Waals surface area (Å²) < 4.78 is 42.4. The molecule has 0 bridgehead atoms. The molecule has 0 radical (unpaired) electrons. The zero-order valence-corrected chi connectivity index (χ0v) is 29.5. The molecule has 1 aromatic heterocycles. The number of carbonyl (C=O) groups is 1. The van der Waals surface area contributed by atoms with E-state index in [1.165, 1.54) is 18.2 Å².